The fraction of sp³-hybridized carbons (Fsp3) is 0.500. The van der Waals surface area contributed by atoms with Gasteiger partial charge in [-0.25, -0.2) is 0 Å². The van der Waals surface area contributed by atoms with Crippen molar-refractivity contribution in [3.8, 4) is 6.07 Å². The van der Waals surface area contributed by atoms with Gasteiger partial charge in [-0.1, -0.05) is 37.5 Å². The molecule has 0 radical (unpaired) electrons. The first-order valence-electron chi connectivity index (χ1n) is 7.42. The fourth-order valence-corrected chi connectivity index (χ4v) is 3.39. The molecule has 1 fully saturated rings. The molecule has 1 saturated carbocycles. The lowest BCUT2D eigenvalue weighted by atomic mass is 9.66. The summed E-state index contributed by atoms with van der Waals surface area (Å²) >= 11 is 0. The molecule has 1 heteroatoms. The van der Waals surface area contributed by atoms with E-state index < -0.39 is 0 Å². The molecular formula is C18H23N. The maximum absolute atomic E-state index is 8.92. The van der Waals surface area contributed by atoms with E-state index in [9.17, 15) is 0 Å². The smallest absolute Gasteiger partial charge is 0.0991 e. The third-order valence-corrected chi connectivity index (χ3v) is 4.50. The molecule has 1 aromatic rings. The number of benzene rings is 1. The summed E-state index contributed by atoms with van der Waals surface area (Å²) in [6.07, 6.45) is 12.3. The fourth-order valence-electron chi connectivity index (χ4n) is 3.39. The molecule has 1 aliphatic rings. The topological polar surface area (TPSA) is 23.8 Å². The van der Waals surface area contributed by atoms with E-state index in [2.05, 4.69) is 24.8 Å². The lowest BCUT2D eigenvalue weighted by molar-refractivity contribution is 0.269. The molecule has 1 aromatic carbocycles. The van der Waals surface area contributed by atoms with Crippen LogP contribution in [-0.2, 0) is 5.41 Å². The molecule has 0 amide bonds. The van der Waals surface area contributed by atoms with Crippen LogP contribution in [0.15, 0.2) is 36.9 Å². The van der Waals surface area contributed by atoms with Crippen LogP contribution in [0.3, 0.4) is 0 Å². The molecule has 1 aliphatic carbocycles. The van der Waals surface area contributed by atoms with Gasteiger partial charge in [0.05, 0.1) is 11.6 Å². The normalized spacial score (nSPS) is 17.6. The maximum Gasteiger partial charge on any atom is 0.0991 e. The minimum atomic E-state index is 0.356. The van der Waals surface area contributed by atoms with Crippen molar-refractivity contribution >= 4 is 0 Å². The summed E-state index contributed by atoms with van der Waals surface area (Å²) in [5, 5.41) is 8.92. The molecule has 0 spiro atoms. The molecule has 0 saturated heterocycles. The predicted octanol–water partition coefficient (Wildman–Crippen LogP) is 5.12. The van der Waals surface area contributed by atoms with Crippen molar-refractivity contribution in [1.82, 2.24) is 0 Å². The first-order valence-corrected chi connectivity index (χ1v) is 7.42. The number of nitriles is 1. The van der Waals surface area contributed by atoms with Gasteiger partial charge < -0.3 is 0 Å². The van der Waals surface area contributed by atoms with Crippen LogP contribution in [0.25, 0.3) is 0 Å². The number of nitrogens with zero attached hydrogens (tertiary/aromatic N) is 1. The van der Waals surface area contributed by atoms with Gasteiger partial charge in [-0.15, -0.1) is 6.58 Å². The van der Waals surface area contributed by atoms with Gasteiger partial charge in [-0.2, -0.15) is 5.26 Å². The number of unbranched alkanes of at least 4 members (excludes halogenated alkanes) is 1. The summed E-state index contributed by atoms with van der Waals surface area (Å²) in [7, 11) is 0. The summed E-state index contributed by atoms with van der Waals surface area (Å²) in [5.41, 5.74) is 2.56. The Labute approximate surface area is 117 Å². The molecule has 0 aliphatic heterocycles. The molecule has 0 N–H and O–H groups in total. The molecule has 1 nitrogen and oxygen atoms in total. The highest BCUT2D eigenvalue weighted by Crippen LogP contribution is 2.43. The van der Waals surface area contributed by atoms with Crippen LogP contribution in [0.2, 0.25) is 0 Å². The Balaban J connectivity index is 2.20. The van der Waals surface area contributed by atoms with E-state index in [0.717, 1.165) is 12.0 Å². The van der Waals surface area contributed by atoms with Crippen molar-refractivity contribution in [1.29, 1.82) is 5.26 Å². The molecule has 0 unspecified atom stereocenters. The van der Waals surface area contributed by atoms with Crippen molar-refractivity contribution in [3.63, 3.8) is 0 Å². The summed E-state index contributed by atoms with van der Waals surface area (Å²) in [6.45, 7) is 3.83. The quantitative estimate of drug-likeness (QED) is 0.528. The third kappa shape index (κ3) is 3.26. The van der Waals surface area contributed by atoms with Crippen LogP contribution in [-0.4, -0.2) is 0 Å². The highest BCUT2D eigenvalue weighted by molar-refractivity contribution is 5.35. The molecule has 0 atom stereocenters. The van der Waals surface area contributed by atoms with Gasteiger partial charge in [-0.05, 0) is 55.2 Å². The zero-order valence-electron chi connectivity index (χ0n) is 11.7. The van der Waals surface area contributed by atoms with E-state index in [1.165, 1.54) is 50.5 Å². The number of hydrogen-bond donors (Lipinski definition) is 0. The van der Waals surface area contributed by atoms with Gasteiger partial charge in [0.1, 0.15) is 0 Å². The molecule has 100 valence electrons. The van der Waals surface area contributed by atoms with E-state index in [1.54, 1.807) is 0 Å². The van der Waals surface area contributed by atoms with Gasteiger partial charge in [0.2, 0.25) is 0 Å². The van der Waals surface area contributed by atoms with Crippen LogP contribution >= 0.6 is 0 Å². The summed E-state index contributed by atoms with van der Waals surface area (Å²) < 4.78 is 0. The first kappa shape index (κ1) is 13.9. The Bertz CT molecular complexity index is 444. The van der Waals surface area contributed by atoms with Crippen LogP contribution < -0.4 is 0 Å². The van der Waals surface area contributed by atoms with Crippen LogP contribution in [0.5, 0.6) is 0 Å². The van der Waals surface area contributed by atoms with E-state index in [0.29, 0.717) is 5.41 Å². The zero-order chi connectivity index (χ0) is 13.6. The van der Waals surface area contributed by atoms with Crippen LogP contribution in [0.1, 0.15) is 62.5 Å². The molecule has 0 heterocycles. The largest absolute Gasteiger partial charge is 0.192 e. The Hall–Kier alpha value is -1.55. The first-order chi connectivity index (χ1) is 9.30. The van der Waals surface area contributed by atoms with Crippen molar-refractivity contribution in [2.45, 2.75) is 56.8 Å². The summed E-state index contributed by atoms with van der Waals surface area (Å²) in [5.74, 6) is 0. The molecule has 0 bridgehead atoms. The predicted molar refractivity (Wildman–Crippen MR) is 80.0 cm³/mol. The van der Waals surface area contributed by atoms with Gasteiger partial charge in [-0.3, -0.25) is 0 Å². The summed E-state index contributed by atoms with van der Waals surface area (Å²) in [6, 6.07) is 10.5. The van der Waals surface area contributed by atoms with Crippen molar-refractivity contribution < 1.29 is 0 Å². The minimum absolute atomic E-state index is 0.356. The van der Waals surface area contributed by atoms with E-state index in [-0.39, 0.29) is 0 Å². The lowest BCUT2D eigenvalue weighted by Crippen LogP contribution is -2.29. The summed E-state index contributed by atoms with van der Waals surface area (Å²) in [4.78, 5) is 0. The minimum Gasteiger partial charge on any atom is -0.192 e. The van der Waals surface area contributed by atoms with Crippen molar-refractivity contribution in [2.24, 2.45) is 0 Å². The molecule has 0 aromatic heterocycles. The standard InChI is InChI=1S/C18H23N/c1-2-3-5-12-18(13-6-4-7-14-18)17-10-8-16(15-19)9-11-17/h2,8-11H,1,3-7,12-14H2. The Morgan fingerprint density at radius 3 is 2.42 bits per heavy atom. The van der Waals surface area contributed by atoms with Gasteiger partial charge in [0, 0.05) is 0 Å². The molecule has 2 rings (SSSR count). The second-order valence-electron chi connectivity index (χ2n) is 5.71. The number of hydrogen-bond acceptors (Lipinski definition) is 1. The van der Waals surface area contributed by atoms with Crippen molar-refractivity contribution in [2.75, 3.05) is 0 Å². The zero-order valence-corrected chi connectivity index (χ0v) is 11.7. The lowest BCUT2D eigenvalue weighted by Gasteiger charge is -2.38. The average molecular weight is 253 g/mol. The second-order valence-corrected chi connectivity index (χ2v) is 5.71. The van der Waals surface area contributed by atoms with Gasteiger partial charge >= 0.3 is 0 Å². The van der Waals surface area contributed by atoms with E-state index in [1.807, 2.05) is 18.2 Å². The molecular weight excluding hydrogens is 230 g/mol. The number of rotatable bonds is 5. The Morgan fingerprint density at radius 2 is 1.84 bits per heavy atom. The highest BCUT2D eigenvalue weighted by Gasteiger charge is 2.32. The van der Waals surface area contributed by atoms with Crippen LogP contribution in [0.4, 0.5) is 0 Å². The third-order valence-electron chi connectivity index (χ3n) is 4.50. The Kier molecular flexibility index (Phi) is 4.80. The second kappa shape index (κ2) is 6.57. The molecule has 19 heavy (non-hydrogen) atoms. The van der Waals surface area contributed by atoms with Crippen LogP contribution in [0, 0.1) is 11.3 Å². The highest BCUT2D eigenvalue weighted by atomic mass is 14.4. The van der Waals surface area contributed by atoms with Crippen molar-refractivity contribution in [3.05, 3.63) is 48.0 Å². The van der Waals surface area contributed by atoms with E-state index >= 15 is 0 Å². The Morgan fingerprint density at radius 1 is 1.16 bits per heavy atom. The van der Waals surface area contributed by atoms with Gasteiger partial charge in [0.15, 0.2) is 0 Å². The average Bonchev–Trinajstić information content (AvgIpc) is 2.49. The number of allylic oxidation sites excluding steroid dienone is 1. The SMILES string of the molecule is C=CCCCC1(c2ccc(C#N)cc2)CCCCC1. The van der Waals surface area contributed by atoms with E-state index in [4.69, 9.17) is 5.26 Å². The van der Waals surface area contributed by atoms with Gasteiger partial charge in [0.25, 0.3) is 0 Å². The maximum atomic E-state index is 8.92. The monoisotopic (exact) mass is 253 g/mol.